The van der Waals surface area contributed by atoms with Crippen molar-refractivity contribution in [2.75, 3.05) is 0 Å². The average Bonchev–Trinajstić information content (AvgIpc) is 1.82. The second-order valence-electron chi connectivity index (χ2n) is 3.75. The highest BCUT2D eigenvalue weighted by atomic mass is 35.5. The zero-order chi connectivity index (χ0) is 9.35. The van der Waals surface area contributed by atoms with Gasteiger partial charge in [0.2, 0.25) is 5.95 Å². The molecule has 0 N–H and O–H groups in total. The predicted molar refractivity (Wildman–Crippen MR) is 47.9 cm³/mol. The molecule has 1 heterocycles. The lowest BCUT2D eigenvalue weighted by molar-refractivity contribution is 0.552. The smallest absolute Gasteiger partial charge is 0.208 e. The van der Waals surface area contributed by atoms with Crippen molar-refractivity contribution in [1.82, 2.24) is 4.98 Å². The first-order valence-electron chi connectivity index (χ1n) is 3.73. The quantitative estimate of drug-likeness (QED) is 0.569. The van der Waals surface area contributed by atoms with Gasteiger partial charge in [0.1, 0.15) is 5.15 Å². The summed E-state index contributed by atoms with van der Waals surface area (Å²) in [4.78, 5) is 3.45. The number of halogens is 2. The van der Waals surface area contributed by atoms with Gasteiger partial charge in [0.15, 0.2) is 0 Å². The summed E-state index contributed by atoms with van der Waals surface area (Å²) in [6.45, 7) is 5.99. The van der Waals surface area contributed by atoms with Crippen LogP contribution >= 0.6 is 11.6 Å². The Morgan fingerprint density at radius 3 is 2.33 bits per heavy atom. The summed E-state index contributed by atoms with van der Waals surface area (Å²) in [5, 5.41) is 0.208. The topological polar surface area (TPSA) is 12.9 Å². The third kappa shape index (κ3) is 2.18. The largest absolute Gasteiger partial charge is 0.214 e. The number of hydrogen-bond acceptors (Lipinski definition) is 1. The van der Waals surface area contributed by atoms with Crippen molar-refractivity contribution < 1.29 is 4.39 Å². The Bertz CT molecular complexity index is 271. The van der Waals surface area contributed by atoms with Gasteiger partial charge in [0.05, 0.1) is 0 Å². The Morgan fingerprint density at radius 2 is 1.92 bits per heavy atom. The maximum atomic E-state index is 12.8. The van der Waals surface area contributed by atoms with Gasteiger partial charge in [-0.1, -0.05) is 32.4 Å². The molecule has 0 bridgehead atoms. The van der Waals surface area contributed by atoms with E-state index in [0.717, 1.165) is 5.56 Å². The third-order valence-electron chi connectivity index (χ3n) is 1.63. The minimum Gasteiger partial charge on any atom is -0.208 e. The van der Waals surface area contributed by atoms with Crippen LogP contribution in [0.1, 0.15) is 26.3 Å². The predicted octanol–water partition coefficient (Wildman–Crippen LogP) is 3.17. The van der Waals surface area contributed by atoms with E-state index in [0.29, 0.717) is 0 Å². The van der Waals surface area contributed by atoms with Crippen LogP contribution in [0.3, 0.4) is 0 Å². The number of pyridine rings is 1. The molecule has 0 aromatic carbocycles. The molecule has 0 saturated carbocycles. The first-order chi connectivity index (χ1) is 5.39. The molecule has 0 aliphatic carbocycles. The summed E-state index contributed by atoms with van der Waals surface area (Å²) in [5.41, 5.74) is 0.771. The lowest BCUT2D eigenvalue weighted by Gasteiger charge is -2.18. The normalized spacial score (nSPS) is 11.8. The SMILES string of the molecule is CC(C)(C)c1cc(F)nc(Cl)c1. The molecule has 1 aromatic rings. The van der Waals surface area contributed by atoms with E-state index in [9.17, 15) is 4.39 Å². The first-order valence-corrected chi connectivity index (χ1v) is 4.11. The molecule has 1 nitrogen and oxygen atoms in total. The van der Waals surface area contributed by atoms with Crippen LogP contribution in [-0.4, -0.2) is 4.98 Å². The molecule has 0 saturated heterocycles. The lowest BCUT2D eigenvalue weighted by atomic mass is 9.88. The highest BCUT2D eigenvalue weighted by Crippen LogP contribution is 2.24. The highest BCUT2D eigenvalue weighted by Gasteiger charge is 2.15. The minimum atomic E-state index is -0.521. The van der Waals surface area contributed by atoms with E-state index in [-0.39, 0.29) is 10.6 Å². The van der Waals surface area contributed by atoms with E-state index in [4.69, 9.17) is 11.6 Å². The van der Waals surface area contributed by atoms with Gasteiger partial charge in [-0.25, -0.2) is 4.98 Å². The maximum absolute atomic E-state index is 12.8. The maximum Gasteiger partial charge on any atom is 0.214 e. The molecule has 1 aromatic heterocycles. The molecule has 0 fully saturated rings. The Labute approximate surface area is 76.6 Å². The van der Waals surface area contributed by atoms with E-state index in [2.05, 4.69) is 4.98 Å². The summed E-state index contributed by atoms with van der Waals surface area (Å²) < 4.78 is 12.8. The van der Waals surface area contributed by atoms with E-state index in [1.807, 2.05) is 20.8 Å². The summed E-state index contributed by atoms with van der Waals surface area (Å²) >= 11 is 5.61. The van der Waals surface area contributed by atoms with Gasteiger partial charge in [-0.2, -0.15) is 4.39 Å². The molecular weight excluding hydrogens is 177 g/mol. The molecule has 0 aliphatic heterocycles. The fraction of sp³-hybridized carbons (Fsp3) is 0.444. The number of nitrogens with zero attached hydrogens (tertiary/aromatic N) is 1. The van der Waals surface area contributed by atoms with Crippen LogP contribution in [0.4, 0.5) is 4.39 Å². The van der Waals surface area contributed by atoms with Crippen LogP contribution < -0.4 is 0 Å². The van der Waals surface area contributed by atoms with Gasteiger partial charge in [-0.3, -0.25) is 0 Å². The Balaban J connectivity index is 3.18. The number of rotatable bonds is 0. The van der Waals surface area contributed by atoms with Gasteiger partial charge in [-0.05, 0) is 23.1 Å². The number of hydrogen-bond donors (Lipinski definition) is 0. The zero-order valence-corrected chi connectivity index (χ0v) is 8.11. The lowest BCUT2D eigenvalue weighted by Crippen LogP contribution is -2.11. The third-order valence-corrected chi connectivity index (χ3v) is 1.82. The van der Waals surface area contributed by atoms with Gasteiger partial charge in [0, 0.05) is 0 Å². The van der Waals surface area contributed by atoms with Crippen molar-refractivity contribution in [1.29, 1.82) is 0 Å². The van der Waals surface area contributed by atoms with Crippen molar-refractivity contribution >= 4 is 11.6 Å². The second kappa shape index (κ2) is 3.02. The zero-order valence-electron chi connectivity index (χ0n) is 7.36. The summed E-state index contributed by atoms with van der Waals surface area (Å²) in [6.07, 6.45) is 0. The summed E-state index contributed by atoms with van der Waals surface area (Å²) in [5.74, 6) is -0.521. The molecule has 0 amide bonds. The van der Waals surface area contributed by atoms with Crippen LogP contribution in [0.5, 0.6) is 0 Å². The Kier molecular flexibility index (Phi) is 2.38. The van der Waals surface area contributed by atoms with Crippen molar-refractivity contribution in [3.8, 4) is 0 Å². The average molecular weight is 188 g/mol. The Morgan fingerprint density at radius 1 is 1.33 bits per heavy atom. The van der Waals surface area contributed by atoms with E-state index < -0.39 is 5.95 Å². The van der Waals surface area contributed by atoms with Crippen LogP contribution in [0.25, 0.3) is 0 Å². The van der Waals surface area contributed by atoms with Gasteiger partial charge in [-0.15, -0.1) is 0 Å². The first kappa shape index (κ1) is 9.46. The summed E-state index contributed by atoms with van der Waals surface area (Å²) in [6, 6.07) is 3.09. The molecule has 0 radical (unpaired) electrons. The molecule has 66 valence electrons. The van der Waals surface area contributed by atoms with Crippen molar-refractivity contribution in [3.63, 3.8) is 0 Å². The van der Waals surface area contributed by atoms with Gasteiger partial charge >= 0.3 is 0 Å². The molecule has 0 atom stereocenters. The minimum absolute atomic E-state index is 0.0899. The molecule has 0 aliphatic rings. The van der Waals surface area contributed by atoms with E-state index in [1.165, 1.54) is 6.07 Å². The standard InChI is InChI=1S/C9H11ClFN/c1-9(2,3)6-4-7(10)12-8(11)5-6/h4-5H,1-3H3. The van der Waals surface area contributed by atoms with E-state index in [1.54, 1.807) is 6.07 Å². The summed E-state index contributed by atoms with van der Waals surface area (Å²) in [7, 11) is 0. The van der Waals surface area contributed by atoms with Crippen LogP contribution in [0, 0.1) is 5.95 Å². The molecule has 12 heavy (non-hydrogen) atoms. The number of aromatic nitrogens is 1. The van der Waals surface area contributed by atoms with Crippen molar-refractivity contribution in [2.45, 2.75) is 26.2 Å². The molecule has 0 spiro atoms. The molecule has 3 heteroatoms. The van der Waals surface area contributed by atoms with Gasteiger partial charge < -0.3 is 0 Å². The van der Waals surface area contributed by atoms with Crippen molar-refractivity contribution in [3.05, 3.63) is 28.8 Å². The molecule has 0 unspecified atom stereocenters. The molecule has 1 rings (SSSR count). The van der Waals surface area contributed by atoms with E-state index >= 15 is 0 Å². The second-order valence-corrected chi connectivity index (χ2v) is 4.14. The monoisotopic (exact) mass is 187 g/mol. The van der Waals surface area contributed by atoms with Crippen LogP contribution in [0.15, 0.2) is 12.1 Å². The Hall–Kier alpha value is -0.630. The van der Waals surface area contributed by atoms with Gasteiger partial charge in [0.25, 0.3) is 0 Å². The van der Waals surface area contributed by atoms with Crippen LogP contribution in [0.2, 0.25) is 5.15 Å². The van der Waals surface area contributed by atoms with Crippen molar-refractivity contribution in [2.24, 2.45) is 0 Å². The van der Waals surface area contributed by atoms with Crippen LogP contribution in [-0.2, 0) is 5.41 Å². The fourth-order valence-corrected chi connectivity index (χ4v) is 1.10. The fourth-order valence-electron chi connectivity index (χ4n) is 0.898. The highest BCUT2D eigenvalue weighted by molar-refractivity contribution is 6.29. The molecular formula is C9H11ClFN.